The first-order chi connectivity index (χ1) is 12.7. The molecule has 0 aliphatic carbocycles. The Kier molecular flexibility index (Phi) is 4.39. The van der Waals surface area contributed by atoms with Gasteiger partial charge in [0.05, 0.1) is 6.04 Å². The number of fused-ring (bicyclic) bond motifs is 1. The monoisotopic (exact) mass is 348 g/mol. The van der Waals surface area contributed by atoms with Gasteiger partial charge in [-0.25, -0.2) is 9.89 Å². The first kappa shape index (κ1) is 16.3. The number of nitrogens with one attached hydrogen (secondary N) is 1. The molecule has 0 radical (unpaired) electrons. The standard InChI is InChI=1S/C20H20N4O2/c25-19(13-23-14-21-22-20(23)26)24-11-10-16-8-4-5-9-17(16)18(24)12-15-6-2-1-3-7-15/h1-9,14,18H,10-13H2,(H,22,26). The molecule has 1 aromatic heterocycles. The van der Waals surface area contributed by atoms with Crippen molar-refractivity contribution in [3.8, 4) is 0 Å². The zero-order chi connectivity index (χ0) is 17.9. The van der Waals surface area contributed by atoms with Crippen molar-refractivity contribution in [3.05, 3.63) is 88.1 Å². The topological polar surface area (TPSA) is 71.0 Å². The maximum atomic E-state index is 13.0. The molecule has 132 valence electrons. The van der Waals surface area contributed by atoms with Crippen LogP contribution in [0.1, 0.15) is 22.7 Å². The number of H-pyrrole nitrogens is 1. The van der Waals surface area contributed by atoms with Crippen molar-refractivity contribution in [2.24, 2.45) is 0 Å². The lowest BCUT2D eigenvalue weighted by molar-refractivity contribution is -0.134. The van der Waals surface area contributed by atoms with Crippen LogP contribution in [0.25, 0.3) is 0 Å². The van der Waals surface area contributed by atoms with E-state index < -0.39 is 0 Å². The number of benzene rings is 2. The lowest BCUT2D eigenvalue weighted by atomic mass is 9.88. The number of carbonyl (C=O) groups excluding carboxylic acids is 1. The summed E-state index contributed by atoms with van der Waals surface area (Å²) in [6.45, 7) is 0.655. The molecular formula is C20H20N4O2. The van der Waals surface area contributed by atoms with Gasteiger partial charge in [-0.05, 0) is 29.5 Å². The average molecular weight is 348 g/mol. The summed E-state index contributed by atoms with van der Waals surface area (Å²) in [5.74, 6) is -0.0658. The van der Waals surface area contributed by atoms with E-state index in [-0.39, 0.29) is 24.2 Å². The molecule has 6 nitrogen and oxygen atoms in total. The molecule has 1 N–H and O–H groups in total. The summed E-state index contributed by atoms with van der Waals surface area (Å²) in [6.07, 6.45) is 2.95. The molecule has 1 unspecified atom stereocenters. The number of aromatic nitrogens is 3. The normalized spacial score (nSPS) is 16.3. The minimum absolute atomic E-state index is 0.00277. The Morgan fingerprint density at radius 3 is 2.65 bits per heavy atom. The van der Waals surface area contributed by atoms with Gasteiger partial charge >= 0.3 is 5.69 Å². The Bertz CT molecular complexity index is 961. The highest BCUT2D eigenvalue weighted by molar-refractivity contribution is 5.77. The predicted molar refractivity (Wildman–Crippen MR) is 97.6 cm³/mol. The SMILES string of the molecule is O=C(Cn1cn[nH]c1=O)N1CCc2ccccc2C1Cc1ccccc1. The van der Waals surface area contributed by atoms with Crippen molar-refractivity contribution in [1.82, 2.24) is 19.7 Å². The Hall–Kier alpha value is -3.15. The maximum absolute atomic E-state index is 13.0. The zero-order valence-corrected chi connectivity index (χ0v) is 14.3. The minimum Gasteiger partial charge on any atom is -0.333 e. The Morgan fingerprint density at radius 1 is 1.12 bits per heavy atom. The highest BCUT2D eigenvalue weighted by atomic mass is 16.2. The van der Waals surface area contributed by atoms with Gasteiger partial charge in [0.25, 0.3) is 0 Å². The van der Waals surface area contributed by atoms with Crippen LogP contribution in [0, 0.1) is 0 Å². The van der Waals surface area contributed by atoms with Crippen LogP contribution in [-0.4, -0.2) is 32.1 Å². The first-order valence-corrected chi connectivity index (χ1v) is 8.73. The summed E-state index contributed by atoms with van der Waals surface area (Å²) < 4.78 is 1.31. The summed E-state index contributed by atoms with van der Waals surface area (Å²) in [6, 6.07) is 18.5. The number of hydrogen-bond acceptors (Lipinski definition) is 3. The number of amides is 1. The zero-order valence-electron chi connectivity index (χ0n) is 14.3. The highest BCUT2D eigenvalue weighted by Gasteiger charge is 2.30. The number of nitrogens with zero attached hydrogens (tertiary/aromatic N) is 3. The van der Waals surface area contributed by atoms with Gasteiger partial charge < -0.3 is 4.90 Å². The Balaban J connectivity index is 1.65. The van der Waals surface area contributed by atoms with Crippen molar-refractivity contribution in [3.63, 3.8) is 0 Å². The van der Waals surface area contributed by atoms with Crippen molar-refractivity contribution < 1.29 is 4.79 Å². The molecule has 0 saturated carbocycles. The van der Waals surface area contributed by atoms with Crippen LogP contribution >= 0.6 is 0 Å². The molecule has 1 aliphatic heterocycles. The molecule has 1 aliphatic rings. The Morgan fingerprint density at radius 2 is 1.88 bits per heavy atom. The van der Waals surface area contributed by atoms with Crippen LogP contribution in [0.4, 0.5) is 0 Å². The van der Waals surface area contributed by atoms with Gasteiger partial charge in [-0.2, -0.15) is 5.10 Å². The summed E-state index contributed by atoms with van der Waals surface area (Å²) in [4.78, 5) is 26.5. The van der Waals surface area contributed by atoms with Crippen LogP contribution in [0.15, 0.2) is 65.7 Å². The smallest absolute Gasteiger partial charge is 0.333 e. The van der Waals surface area contributed by atoms with Crippen LogP contribution in [-0.2, 0) is 24.2 Å². The average Bonchev–Trinajstić information content (AvgIpc) is 3.07. The fourth-order valence-corrected chi connectivity index (χ4v) is 3.63. The Labute approximate surface area is 151 Å². The molecule has 2 aromatic carbocycles. The number of rotatable bonds is 4. The van der Waals surface area contributed by atoms with Crippen molar-refractivity contribution in [2.45, 2.75) is 25.4 Å². The summed E-state index contributed by atoms with van der Waals surface area (Å²) in [7, 11) is 0. The third kappa shape index (κ3) is 3.18. The van der Waals surface area contributed by atoms with E-state index in [1.807, 2.05) is 35.2 Å². The number of aromatic amines is 1. The van der Waals surface area contributed by atoms with Crippen molar-refractivity contribution in [2.75, 3.05) is 6.54 Å². The molecule has 1 atom stereocenters. The van der Waals surface area contributed by atoms with Gasteiger partial charge in [0.2, 0.25) is 5.91 Å². The lowest BCUT2D eigenvalue weighted by Crippen LogP contribution is -2.43. The molecule has 3 aromatic rings. The molecule has 0 saturated heterocycles. The van der Waals surface area contributed by atoms with Gasteiger partial charge in [0.15, 0.2) is 0 Å². The summed E-state index contributed by atoms with van der Waals surface area (Å²) in [5.41, 5.74) is 3.30. The second-order valence-electron chi connectivity index (χ2n) is 6.53. The number of hydrogen-bond donors (Lipinski definition) is 1. The molecule has 4 rings (SSSR count). The van der Waals surface area contributed by atoms with E-state index in [1.165, 1.54) is 27.6 Å². The van der Waals surface area contributed by atoms with E-state index in [1.54, 1.807) is 0 Å². The van der Waals surface area contributed by atoms with E-state index in [0.717, 1.165) is 12.8 Å². The van der Waals surface area contributed by atoms with E-state index >= 15 is 0 Å². The third-order valence-electron chi connectivity index (χ3n) is 4.93. The van der Waals surface area contributed by atoms with E-state index in [4.69, 9.17) is 0 Å². The third-order valence-corrected chi connectivity index (χ3v) is 4.93. The highest BCUT2D eigenvalue weighted by Crippen LogP contribution is 2.32. The molecule has 2 heterocycles. The first-order valence-electron chi connectivity index (χ1n) is 8.73. The summed E-state index contributed by atoms with van der Waals surface area (Å²) >= 11 is 0. The number of carbonyl (C=O) groups is 1. The molecule has 26 heavy (non-hydrogen) atoms. The van der Waals surface area contributed by atoms with E-state index in [9.17, 15) is 9.59 Å². The molecule has 1 amide bonds. The second-order valence-corrected chi connectivity index (χ2v) is 6.53. The van der Waals surface area contributed by atoms with Crippen molar-refractivity contribution >= 4 is 5.91 Å². The predicted octanol–water partition coefficient (Wildman–Crippen LogP) is 1.94. The molecular weight excluding hydrogens is 328 g/mol. The largest absolute Gasteiger partial charge is 0.343 e. The van der Waals surface area contributed by atoms with Crippen LogP contribution < -0.4 is 5.69 Å². The van der Waals surface area contributed by atoms with Crippen LogP contribution in [0.2, 0.25) is 0 Å². The second kappa shape index (κ2) is 7.00. The van der Waals surface area contributed by atoms with E-state index in [2.05, 4.69) is 34.5 Å². The molecule has 0 fully saturated rings. The molecule has 0 bridgehead atoms. The van der Waals surface area contributed by atoms with Gasteiger partial charge in [-0.3, -0.25) is 9.36 Å². The fraction of sp³-hybridized carbons (Fsp3) is 0.250. The summed E-state index contributed by atoms with van der Waals surface area (Å²) in [5, 5.41) is 6.03. The van der Waals surface area contributed by atoms with Crippen LogP contribution in [0.3, 0.4) is 0 Å². The van der Waals surface area contributed by atoms with Crippen molar-refractivity contribution in [1.29, 1.82) is 0 Å². The van der Waals surface area contributed by atoms with Gasteiger partial charge in [0.1, 0.15) is 12.9 Å². The maximum Gasteiger partial charge on any atom is 0.343 e. The lowest BCUT2D eigenvalue weighted by Gasteiger charge is -2.37. The van der Waals surface area contributed by atoms with Crippen LogP contribution in [0.5, 0.6) is 0 Å². The molecule has 6 heteroatoms. The van der Waals surface area contributed by atoms with Gasteiger partial charge in [0, 0.05) is 6.54 Å². The van der Waals surface area contributed by atoms with E-state index in [0.29, 0.717) is 6.54 Å². The van der Waals surface area contributed by atoms with Gasteiger partial charge in [-0.1, -0.05) is 54.6 Å². The minimum atomic E-state index is -0.365. The quantitative estimate of drug-likeness (QED) is 0.783. The fourth-order valence-electron chi connectivity index (χ4n) is 3.63. The molecule has 0 spiro atoms. The van der Waals surface area contributed by atoms with Gasteiger partial charge in [-0.15, -0.1) is 0 Å².